The van der Waals surface area contributed by atoms with Gasteiger partial charge in [-0.1, -0.05) is 13.8 Å². The van der Waals surface area contributed by atoms with Crippen LogP contribution in [-0.2, 0) is 0 Å². The van der Waals surface area contributed by atoms with Crippen molar-refractivity contribution in [3.8, 4) is 11.3 Å². The average molecular weight is 279 g/mol. The van der Waals surface area contributed by atoms with Gasteiger partial charge in [0, 0.05) is 17.5 Å². The van der Waals surface area contributed by atoms with E-state index in [1.165, 1.54) is 0 Å². The van der Waals surface area contributed by atoms with Crippen molar-refractivity contribution in [3.63, 3.8) is 0 Å². The van der Waals surface area contributed by atoms with E-state index in [1.54, 1.807) is 0 Å². The summed E-state index contributed by atoms with van der Waals surface area (Å²) in [5.74, 6) is 0.252. The van der Waals surface area contributed by atoms with Crippen molar-refractivity contribution in [2.75, 3.05) is 5.73 Å². The molecule has 0 bridgehead atoms. The second-order valence-corrected chi connectivity index (χ2v) is 5.45. The largest absolute Gasteiger partial charge is 0.383 e. The van der Waals surface area contributed by atoms with E-state index in [0.29, 0.717) is 11.5 Å². The number of anilines is 1. The van der Waals surface area contributed by atoms with Crippen LogP contribution in [0.4, 0.5) is 14.6 Å². The molecule has 2 rings (SSSR count). The molecular weight excluding hydrogens is 260 g/mol. The van der Waals surface area contributed by atoms with E-state index in [2.05, 4.69) is 4.98 Å². The number of aromatic nitrogens is 2. The van der Waals surface area contributed by atoms with E-state index < -0.39 is 11.6 Å². The summed E-state index contributed by atoms with van der Waals surface area (Å²) in [6.07, 6.45) is 0. The first-order valence-corrected chi connectivity index (χ1v) is 6.66. The number of hydrogen-bond donors (Lipinski definition) is 1. The van der Waals surface area contributed by atoms with E-state index in [4.69, 9.17) is 5.73 Å². The molecular formula is C15H19F2N3. The van der Waals surface area contributed by atoms with Crippen LogP contribution in [0.3, 0.4) is 0 Å². The Morgan fingerprint density at radius 3 is 2.30 bits per heavy atom. The van der Waals surface area contributed by atoms with Crippen LogP contribution >= 0.6 is 0 Å². The standard InChI is InChI=1S/C15H19F2N3/c1-8(2)15-19-13(14(18)20(15)9(3)4)11-7-10(16)5-6-12(11)17/h5-9H,18H2,1-4H3. The molecule has 2 N–H and O–H groups in total. The summed E-state index contributed by atoms with van der Waals surface area (Å²) in [6, 6.07) is 3.40. The summed E-state index contributed by atoms with van der Waals surface area (Å²) >= 11 is 0. The van der Waals surface area contributed by atoms with E-state index in [9.17, 15) is 8.78 Å². The number of halogens is 2. The van der Waals surface area contributed by atoms with Crippen molar-refractivity contribution in [2.45, 2.75) is 39.7 Å². The minimum absolute atomic E-state index is 0.101. The van der Waals surface area contributed by atoms with Gasteiger partial charge in [-0.3, -0.25) is 0 Å². The molecule has 0 spiro atoms. The molecule has 1 aromatic heterocycles. The smallest absolute Gasteiger partial charge is 0.132 e. The minimum Gasteiger partial charge on any atom is -0.383 e. The normalized spacial score (nSPS) is 11.6. The van der Waals surface area contributed by atoms with Crippen LogP contribution in [0, 0.1) is 11.6 Å². The maximum absolute atomic E-state index is 13.9. The summed E-state index contributed by atoms with van der Waals surface area (Å²) in [5, 5.41) is 0. The zero-order valence-electron chi connectivity index (χ0n) is 12.1. The highest BCUT2D eigenvalue weighted by molar-refractivity contribution is 5.71. The molecule has 108 valence electrons. The Morgan fingerprint density at radius 2 is 1.80 bits per heavy atom. The Labute approximate surface area is 117 Å². The number of nitrogens with two attached hydrogens (primary N) is 1. The first-order chi connectivity index (χ1) is 9.32. The quantitative estimate of drug-likeness (QED) is 0.918. The summed E-state index contributed by atoms with van der Waals surface area (Å²) in [6.45, 7) is 7.95. The summed E-state index contributed by atoms with van der Waals surface area (Å²) in [5.41, 5.74) is 6.51. The molecule has 0 radical (unpaired) electrons. The predicted molar refractivity (Wildman–Crippen MR) is 76.5 cm³/mol. The topological polar surface area (TPSA) is 43.8 Å². The third-order valence-electron chi connectivity index (χ3n) is 3.19. The van der Waals surface area contributed by atoms with Gasteiger partial charge in [0.15, 0.2) is 0 Å². The molecule has 1 heterocycles. The van der Waals surface area contributed by atoms with Gasteiger partial charge in [-0.25, -0.2) is 13.8 Å². The maximum atomic E-state index is 13.9. The van der Waals surface area contributed by atoms with Crippen molar-refractivity contribution >= 4 is 5.82 Å². The molecule has 0 aliphatic carbocycles. The van der Waals surface area contributed by atoms with Crippen LogP contribution in [-0.4, -0.2) is 9.55 Å². The monoisotopic (exact) mass is 279 g/mol. The number of nitrogens with zero attached hydrogens (tertiary/aromatic N) is 2. The van der Waals surface area contributed by atoms with Crippen LogP contribution in [0.25, 0.3) is 11.3 Å². The van der Waals surface area contributed by atoms with Crippen molar-refractivity contribution in [3.05, 3.63) is 35.7 Å². The van der Waals surface area contributed by atoms with Crippen LogP contribution in [0.2, 0.25) is 0 Å². The van der Waals surface area contributed by atoms with E-state index in [-0.39, 0.29) is 17.5 Å². The number of benzene rings is 1. The molecule has 20 heavy (non-hydrogen) atoms. The second-order valence-electron chi connectivity index (χ2n) is 5.45. The van der Waals surface area contributed by atoms with Gasteiger partial charge in [0.25, 0.3) is 0 Å². The molecule has 1 aromatic carbocycles. The number of hydrogen-bond acceptors (Lipinski definition) is 2. The molecule has 5 heteroatoms. The van der Waals surface area contributed by atoms with Gasteiger partial charge < -0.3 is 10.3 Å². The molecule has 0 aliphatic heterocycles. The van der Waals surface area contributed by atoms with E-state index >= 15 is 0 Å². The molecule has 3 nitrogen and oxygen atoms in total. The van der Waals surface area contributed by atoms with Crippen molar-refractivity contribution < 1.29 is 8.78 Å². The van der Waals surface area contributed by atoms with Crippen LogP contribution < -0.4 is 5.73 Å². The summed E-state index contributed by atoms with van der Waals surface area (Å²) in [7, 11) is 0. The van der Waals surface area contributed by atoms with Crippen molar-refractivity contribution in [2.24, 2.45) is 0 Å². The third-order valence-corrected chi connectivity index (χ3v) is 3.19. The lowest BCUT2D eigenvalue weighted by Gasteiger charge is -2.15. The van der Waals surface area contributed by atoms with Gasteiger partial charge in [0.1, 0.15) is 29.0 Å². The lowest BCUT2D eigenvalue weighted by Crippen LogP contribution is -2.10. The van der Waals surface area contributed by atoms with E-state index in [1.807, 2.05) is 32.3 Å². The number of rotatable bonds is 3. The van der Waals surface area contributed by atoms with Crippen LogP contribution in [0.1, 0.15) is 45.5 Å². The molecule has 0 saturated heterocycles. The molecule has 0 amide bonds. The minimum atomic E-state index is -0.526. The summed E-state index contributed by atoms with van der Waals surface area (Å²) in [4.78, 5) is 4.43. The molecule has 0 saturated carbocycles. The highest BCUT2D eigenvalue weighted by Crippen LogP contribution is 2.33. The Bertz CT molecular complexity index is 630. The third kappa shape index (κ3) is 2.40. The van der Waals surface area contributed by atoms with Gasteiger partial charge in [0.2, 0.25) is 0 Å². The van der Waals surface area contributed by atoms with Gasteiger partial charge >= 0.3 is 0 Å². The Kier molecular flexibility index (Phi) is 3.79. The van der Waals surface area contributed by atoms with Crippen LogP contribution in [0.15, 0.2) is 18.2 Å². The van der Waals surface area contributed by atoms with Crippen molar-refractivity contribution in [1.82, 2.24) is 9.55 Å². The molecule has 0 atom stereocenters. The first-order valence-electron chi connectivity index (χ1n) is 6.66. The Balaban J connectivity index is 2.69. The average Bonchev–Trinajstić information content (AvgIpc) is 2.70. The molecule has 0 unspecified atom stereocenters. The van der Waals surface area contributed by atoms with Crippen molar-refractivity contribution in [1.29, 1.82) is 0 Å². The molecule has 0 fully saturated rings. The first kappa shape index (κ1) is 14.5. The number of imidazole rings is 1. The SMILES string of the molecule is CC(C)c1nc(-c2cc(F)ccc2F)c(N)n1C(C)C. The van der Waals surface area contributed by atoms with Gasteiger partial charge in [-0.2, -0.15) is 0 Å². The van der Waals surface area contributed by atoms with E-state index in [0.717, 1.165) is 24.0 Å². The molecule has 0 aliphatic rings. The second kappa shape index (κ2) is 5.23. The Hall–Kier alpha value is -1.91. The predicted octanol–water partition coefficient (Wildman–Crippen LogP) is 4.11. The van der Waals surface area contributed by atoms with Gasteiger partial charge in [0.05, 0.1) is 0 Å². The van der Waals surface area contributed by atoms with Gasteiger partial charge in [-0.15, -0.1) is 0 Å². The Morgan fingerprint density at radius 1 is 1.15 bits per heavy atom. The number of nitrogen functional groups attached to an aromatic ring is 1. The molecule has 2 aromatic rings. The maximum Gasteiger partial charge on any atom is 0.132 e. The lowest BCUT2D eigenvalue weighted by molar-refractivity contribution is 0.556. The zero-order valence-corrected chi connectivity index (χ0v) is 12.1. The zero-order chi connectivity index (χ0) is 15.0. The fourth-order valence-electron chi connectivity index (χ4n) is 2.29. The lowest BCUT2D eigenvalue weighted by atomic mass is 10.1. The fourth-order valence-corrected chi connectivity index (χ4v) is 2.29. The fraction of sp³-hybridized carbons (Fsp3) is 0.400. The highest BCUT2D eigenvalue weighted by Gasteiger charge is 2.22. The summed E-state index contributed by atoms with van der Waals surface area (Å²) < 4.78 is 29.1. The van der Waals surface area contributed by atoms with Crippen LogP contribution in [0.5, 0.6) is 0 Å². The highest BCUT2D eigenvalue weighted by atomic mass is 19.1. The van der Waals surface area contributed by atoms with Gasteiger partial charge in [-0.05, 0) is 32.0 Å².